The molecule has 0 spiro atoms. The lowest BCUT2D eigenvalue weighted by Crippen LogP contribution is -2.36. The highest BCUT2D eigenvalue weighted by molar-refractivity contribution is 7.11. The molecule has 0 aliphatic rings. The standard InChI is InChI=1S/C18H29N5OS/c1-6-14(7-2)16-9-15(24-23-16)10-20-18(19-8-3)21-11-17-12(4)22-13(5)25-17/h9,14H,6-8,10-11H2,1-5H3,(H2,19,20,21). The van der Waals surface area contributed by atoms with Gasteiger partial charge in [-0.15, -0.1) is 11.3 Å². The predicted octanol–water partition coefficient (Wildman–Crippen LogP) is 3.91. The summed E-state index contributed by atoms with van der Waals surface area (Å²) in [7, 11) is 0. The molecule has 6 nitrogen and oxygen atoms in total. The Labute approximate surface area is 154 Å². The smallest absolute Gasteiger partial charge is 0.191 e. The lowest BCUT2D eigenvalue weighted by molar-refractivity contribution is 0.372. The van der Waals surface area contributed by atoms with E-state index in [0.717, 1.165) is 54.0 Å². The molecular weight excluding hydrogens is 334 g/mol. The summed E-state index contributed by atoms with van der Waals surface area (Å²) < 4.78 is 5.44. The molecule has 2 rings (SSSR count). The van der Waals surface area contributed by atoms with Crippen molar-refractivity contribution in [2.45, 2.75) is 66.5 Å². The zero-order valence-corrected chi connectivity index (χ0v) is 16.7. The maximum atomic E-state index is 5.44. The molecule has 2 aromatic rings. The van der Waals surface area contributed by atoms with E-state index in [1.165, 1.54) is 4.88 Å². The first-order valence-corrected chi connectivity index (χ1v) is 9.79. The zero-order chi connectivity index (χ0) is 18.2. The van der Waals surface area contributed by atoms with Gasteiger partial charge in [0.25, 0.3) is 0 Å². The molecule has 2 N–H and O–H groups in total. The molecule has 0 aromatic carbocycles. The molecule has 25 heavy (non-hydrogen) atoms. The van der Waals surface area contributed by atoms with Crippen molar-refractivity contribution in [2.75, 3.05) is 6.54 Å². The van der Waals surface area contributed by atoms with Gasteiger partial charge in [0.1, 0.15) is 6.54 Å². The van der Waals surface area contributed by atoms with E-state index in [1.54, 1.807) is 11.3 Å². The van der Waals surface area contributed by atoms with Crippen LogP contribution in [0.15, 0.2) is 15.6 Å². The fourth-order valence-corrected chi connectivity index (χ4v) is 3.58. The first-order valence-electron chi connectivity index (χ1n) is 8.97. The number of hydrogen-bond donors (Lipinski definition) is 2. The van der Waals surface area contributed by atoms with E-state index in [0.29, 0.717) is 12.5 Å². The van der Waals surface area contributed by atoms with Gasteiger partial charge < -0.3 is 15.2 Å². The van der Waals surface area contributed by atoms with Gasteiger partial charge in [-0.2, -0.15) is 0 Å². The molecule has 7 heteroatoms. The van der Waals surface area contributed by atoms with Gasteiger partial charge in [0.2, 0.25) is 0 Å². The van der Waals surface area contributed by atoms with Gasteiger partial charge in [0, 0.05) is 23.4 Å². The predicted molar refractivity (Wildman–Crippen MR) is 103 cm³/mol. The SMILES string of the molecule is CCNC(=NCc1cc(C(CC)CC)no1)NCc1sc(C)nc1C. The van der Waals surface area contributed by atoms with Gasteiger partial charge in [0.15, 0.2) is 11.7 Å². The number of nitrogens with one attached hydrogen (secondary N) is 2. The minimum Gasteiger partial charge on any atom is -0.359 e. The van der Waals surface area contributed by atoms with Crippen LogP contribution in [0, 0.1) is 13.8 Å². The van der Waals surface area contributed by atoms with Crippen molar-refractivity contribution in [3.8, 4) is 0 Å². The molecule has 0 aliphatic carbocycles. The Hall–Kier alpha value is -1.89. The van der Waals surface area contributed by atoms with Gasteiger partial charge in [-0.3, -0.25) is 0 Å². The molecule has 0 radical (unpaired) electrons. The van der Waals surface area contributed by atoms with Crippen LogP contribution in [0.4, 0.5) is 0 Å². The number of aryl methyl sites for hydroxylation is 2. The third kappa shape index (κ3) is 5.56. The van der Waals surface area contributed by atoms with E-state index >= 15 is 0 Å². The van der Waals surface area contributed by atoms with Crippen molar-refractivity contribution in [1.82, 2.24) is 20.8 Å². The summed E-state index contributed by atoms with van der Waals surface area (Å²) in [6.07, 6.45) is 2.15. The lowest BCUT2D eigenvalue weighted by Gasteiger charge is -2.10. The number of aliphatic imine (C=N–C) groups is 1. The van der Waals surface area contributed by atoms with Crippen molar-refractivity contribution < 1.29 is 4.52 Å². The Morgan fingerprint density at radius 2 is 2.00 bits per heavy atom. The minimum atomic E-state index is 0.463. The Morgan fingerprint density at radius 1 is 1.24 bits per heavy atom. The number of nitrogens with zero attached hydrogens (tertiary/aromatic N) is 3. The fourth-order valence-electron chi connectivity index (χ4n) is 2.70. The minimum absolute atomic E-state index is 0.463. The fraction of sp³-hybridized carbons (Fsp3) is 0.611. The summed E-state index contributed by atoms with van der Waals surface area (Å²) >= 11 is 1.72. The average Bonchev–Trinajstić information content (AvgIpc) is 3.18. The van der Waals surface area contributed by atoms with Crippen LogP contribution in [0.25, 0.3) is 0 Å². The van der Waals surface area contributed by atoms with Crippen LogP contribution in [0.5, 0.6) is 0 Å². The summed E-state index contributed by atoms with van der Waals surface area (Å²) in [4.78, 5) is 10.3. The topological polar surface area (TPSA) is 75.3 Å². The third-order valence-corrected chi connectivity index (χ3v) is 5.21. The molecule has 0 aliphatic heterocycles. The highest BCUT2D eigenvalue weighted by Crippen LogP contribution is 2.22. The number of aromatic nitrogens is 2. The first kappa shape index (κ1) is 19.4. The molecule has 0 bridgehead atoms. The van der Waals surface area contributed by atoms with E-state index in [2.05, 4.69) is 46.5 Å². The van der Waals surface area contributed by atoms with Crippen molar-refractivity contribution in [2.24, 2.45) is 4.99 Å². The van der Waals surface area contributed by atoms with Gasteiger partial charge >= 0.3 is 0 Å². The van der Waals surface area contributed by atoms with Crippen LogP contribution in [0.3, 0.4) is 0 Å². The lowest BCUT2D eigenvalue weighted by atomic mass is 9.99. The van der Waals surface area contributed by atoms with Crippen molar-refractivity contribution in [1.29, 1.82) is 0 Å². The number of rotatable bonds is 8. The van der Waals surface area contributed by atoms with Gasteiger partial charge in [-0.05, 0) is 33.6 Å². The Morgan fingerprint density at radius 3 is 2.60 bits per heavy atom. The molecular formula is C18H29N5OS. The normalized spacial score (nSPS) is 12.0. The van der Waals surface area contributed by atoms with Crippen molar-refractivity contribution in [3.63, 3.8) is 0 Å². The molecule has 0 fully saturated rings. The number of hydrogen-bond acceptors (Lipinski definition) is 5. The van der Waals surface area contributed by atoms with Crippen LogP contribution in [-0.4, -0.2) is 22.6 Å². The van der Waals surface area contributed by atoms with Gasteiger partial charge in [0.05, 0.1) is 22.9 Å². The Kier molecular flexibility index (Phi) is 7.43. The average molecular weight is 364 g/mol. The molecule has 0 amide bonds. The second-order valence-electron chi connectivity index (χ2n) is 6.02. The van der Waals surface area contributed by atoms with E-state index in [-0.39, 0.29) is 0 Å². The van der Waals surface area contributed by atoms with Crippen LogP contribution >= 0.6 is 11.3 Å². The molecule has 0 saturated heterocycles. The summed E-state index contributed by atoms with van der Waals surface area (Å²) in [6, 6.07) is 2.03. The maximum Gasteiger partial charge on any atom is 0.191 e. The first-order chi connectivity index (χ1) is 12.1. The second-order valence-corrected chi connectivity index (χ2v) is 7.31. The summed E-state index contributed by atoms with van der Waals surface area (Å²) in [6.45, 7) is 12.5. The molecule has 0 unspecified atom stereocenters. The van der Waals surface area contributed by atoms with Crippen LogP contribution in [0.2, 0.25) is 0 Å². The van der Waals surface area contributed by atoms with Crippen LogP contribution in [0.1, 0.15) is 66.6 Å². The van der Waals surface area contributed by atoms with E-state index in [1.807, 2.05) is 19.9 Å². The number of thiazole rings is 1. The van der Waals surface area contributed by atoms with E-state index < -0.39 is 0 Å². The molecule has 0 atom stereocenters. The Balaban J connectivity index is 1.98. The number of guanidine groups is 1. The molecule has 2 aromatic heterocycles. The molecule has 138 valence electrons. The monoisotopic (exact) mass is 363 g/mol. The quantitative estimate of drug-likeness (QED) is 0.549. The zero-order valence-electron chi connectivity index (χ0n) is 15.8. The Bertz CT molecular complexity index is 687. The van der Waals surface area contributed by atoms with Crippen LogP contribution < -0.4 is 10.6 Å². The third-order valence-electron chi connectivity index (χ3n) is 4.13. The molecule has 2 heterocycles. The summed E-state index contributed by atoms with van der Waals surface area (Å²) in [5.74, 6) is 2.03. The second kappa shape index (κ2) is 9.56. The van der Waals surface area contributed by atoms with E-state index in [4.69, 9.17) is 4.52 Å². The summed E-state index contributed by atoms with van der Waals surface area (Å²) in [5, 5.41) is 11.9. The molecule has 0 saturated carbocycles. The summed E-state index contributed by atoms with van der Waals surface area (Å²) in [5.41, 5.74) is 2.11. The highest BCUT2D eigenvalue weighted by Gasteiger charge is 2.13. The van der Waals surface area contributed by atoms with E-state index in [9.17, 15) is 0 Å². The van der Waals surface area contributed by atoms with Gasteiger partial charge in [-0.25, -0.2) is 9.98 Å². The largest absolute Gasteiger partial charge is 0.359 e. The van der Waals surface area contributed by atoms with Crippen molar-refractivity contribution in [3.05, 3.63) is 33.1 Å². The maximum absolute atomic E-state index is 5.44. The van der Waals surface area contributed by atoms with Crippen LogP contribution in [-0.2, 0) is 13.1 Å². The van der Waals surface area contributed by atoms with Crippen molar-refractivity contribution >= 4 is 17.3 Å². The van der Waals surface area contributed by atoms with Gasteiger partial charge in [-0.1, -0.05) is 19.0 Å². The highest BCUT2D eigenvalue weighted by atomic mass is 32.1.